The maximum Gasteiger partial charge on any atom is 0.311 e. The number of aromatic amines is 1. The molecule has 0 unspecified atom stereocenters. The Kier molecular flexibility index (Phi) is 3.99. The summed E-state index contributed by atoms with van der Waals surface area (Å²) in [5, 5.41) is 11.9. The number of nitro benzene ring substituents is 1. The van der Waals surface area contributed by atoms with Crippen molar-refractivity contribution in [1.82, 2.24) is 9.97 Å². The maximum absolute atomic E-state index is 12.7. The number of nitrogens with one attached hydrogen (secondary N) is 1. The first-order chi connectivity index (χ1) is 12.5. The van der Waals surface area contributed by atoms with Gasteiger partial charge in [-0.3, -0.25) is 14.9 Å². The van der Waals surface area contributed by atoms with Gasteiger partial charge in [0, 0.05) is 16.5 Å². The van der Waals surface area contributed by atoms with E-state index in [9.17, 15) is 14.9 Å². The van der Waals surface area contributed by atoms with Crippen LogP contribution in [0.4, 0.5) is 5.69 Å². The van der Waals surface area contributed by atoms with Crippen molar-refractivity contribution in [2.45, 2.75) is 26.2 Å². The molecule has 0 saturated heterocycles. The Labute approximate surface area is 152 Å². The second kappa shape index (κ2) is 6.21. The molecule has 0 bridgehead atoms. The first kappa shape index (κ1) is 16.7. The molecular weight excluding hydrogens is 354 g/mol. The van der Waals surface area contributed by atoms with Crippen LogP contribution in [0.2, 0.25) is 0 Å². The van der Waals surface area contributed by atoms with Gasteiger partial charge < -0.3 is 9.72 Å². The van der Waals surface area contributed by atoms with Crippen LogP contribution in [-0.4, -0.2) is 22.0 Å². The van der Waals surface area contributed by atoms with Crippen LogP contribution in [0.5, 0.6) is 5.75 Å². The molecule has 1 aliphatic carbocycles. The molecule has 4 rings (SSSR count). The van der Waals surface area contributed by atoms with Crippen molar-refractivity contribution in [3.05, 3.63) is 49.1 Å². The predicted octanol–water partition coefficient (Wildman–Crippen LogP) is 3.69. The number of ether oxygens (including phenoxy) is 1. The smallest absolute Gasteiger partial charge is 0.311 e. The van der Waals surface area contributed by atoms with Gasteiger partial charge in [-0.25, -0.2) is 4.98 Å². The van der Waals surface area contributed by atoms with E-state index in [0.29, 0.717) is 27.5 Å². The van der Waals surface area contributed by atoms with Crippen LogP contribution in [0.25, 0.3) is 21.6 Å². The predicted molar refractivity (Wildman–Crippen MR) is 100 cm³/mol. The average molecular weight is 371 g/mol. The van der Waals surface area contributed by atoms with Gasteiger partial charge in [0.1, 0.15) is 10.7 Å². The zero-order chi connectivity index (χ0) is 18.4. The Hall–Kier alpha value is -2.74. The highest BCUT2D eigenvalue weighted by Crippen LogP contribution is 2.37. The van der Waals surface area contributed by atoms with E-state index in [2.05, 4.69) is 16.9 Å². The molecule has 0 spiro atoms. The lowest BCUT2D eigenvalue weighted by Gasteiger charge is -2.17. The van der Waals surface area contributed by atoms with E-state index < -0.39 is 4.92 Å². The minimum Gasteiger partial charge on any atom is -0.490 e. The van der Waals surface area contributed by atoms with Crippen LogP contribution >= 0.6 is 11.3 Å². The zero-order valence-electron chi connectivity index (χ0n) is 14.4. The summed E-state index contributed by atoms with van der Waals surface area (Å²) in [7, 11) is 1.38. The Balaban J connectivity index is 1.87. The van der Waals surface area contributed by atoms with Gasteiger partial charge in [0.25, 0.3) is 5.56 Å². The third-order valence-corrected chi connectivity index (χ3v) is 5.96. The number of aryl methyl sites for hydroxylation is 1. The van der Waals surface area contributed by atoms with Crippen molar-refractivity contribution in [3.63, 3.8) is 0 Å². The molecule has 1 aliphatic rings. The van der Waals surface area contributed by atoms with Crippen LogP contribution in [0.1, 0.15) is 23.8 Å². The van der Waals surface area contributed by atoms with E-state index >= 15 is 0 Å². The van der Waals surface area contributed by atoms with E-state index in [4.69, 9.17) is 4.74 Å². The standard InChI is InChI=1S/C18H17N3O4S/c1-9-3-5-11-14(7-9)26-18-15(11)17(22)19-16(20-18)10-4-6-13(25-2)12(8-10)21(23)24/h4,6,8-9H,3,5,7H2,1-2H3,(H,19,20,22)/t9-/m0/s1. The van der Waals surface area contributed by atoms with Gasteiger partial charge in [-0.2, -0.15) is 0 Å². The second-order valence-electron chi connectivity index (χ2n) is 6.59. The maximum atomic E-state index is 12.7. The molecule has 0 fully saturated rings. The highest BCUT2D eigenvalue weighted by Gasteiger charge is 2.24. The summed E-state index contributed by atoms with van der Waals surface area (Å²) in [5.74, 6) is 1.11. The first-order valence-corrected chi connectivity index (χ1v) is 9.17. The monoisotopic (exact) mass is 371 g/mol. The van der Waals surface area contributed by atoms with Crippen molar-refractivity contribution in [1.29, 1.82) is 0 Å². The van der Waals surface area contributed by atoms with Gasteiger partial charge in [0.15, 0.2) is 5.75 Å². The number of hydrogen-bond donors (Lipinski definition) is 1. The van der Waals surface area contributed by atoms with E-state index in [0.717, 1.165) is 24.8 Å². The lowest BCUT2D eigenvalue weighted by atomic mass is 9.89. The van der Waals surface area contributed by atoms with Crippen molar-refractivity contribution in [2.75, 3.05) is 7.11 Å². The average Bonchev–Trinajstić information content (AvgIpc) is 2.98. The van der Waals surface area contributed by atoms with Crippen LogP contribution in [-0.2, 0) is 12.8 Å². The minimum atomic E-state index is -0.510. The number of methoxy groups -OCH3 is 1. The van der Waals surface area contributed by atoms with E-state index in [1.165, 1.54) is 24.1 Å². The number of thiophene rings is 1. The van der Waals surface area contributed by atoms with Gasteiger partial charge in [-0.15, -0.1) is 11.3 Å². The molecule has 0 amide bonds. The van der Waals surface area contributed by atoms with Gasteiger partial charge in [0.2, 0.25) is 0 Å². The van der Waals surface area contributed by atoms with Crippen LogP contribution in [0, 0.1) is 16.0 Å². The molecule has 0 saturated carbocycles. The van der Waals surface area contributed by atoms with E-state index in [1.54, 1.807) is 17.4 Å². The van der Waals surface area contributed by atoms with Crippen molar-refractivity contribution in [2.24, 2.45) is 5.92 Å². The molecule has 134 valence electrons. The summed E-state index contributed by atoms with van der Waals surface area (Å²) in [5.41, 5.74) is 1.25. The van der Waals surface area contributed by atoms with Gasteiger partial charge >= 0.3 is 5.69 Å². The number of hydrogen-bond acceptors (Lipinski definition) is 6. The third kappa shape index (κ3) is 2.66. The van der Waals surface area contributed by atoms with Crippen molar-refractivity contribution >= 4 is 27.2 Å². The lowest BCUT2D eigenvalue weighted by Crippen LogP contribution is -2.13. The normalized spacial score (nSPS) is 16.5. The molecule has 2 aromatic heterocycles. The van der Waals surface area contributed by atoms with Gasteiger partial charge in [-0.05, 0) is 42.9 Å². The molecule has 1 aromatic carbocycles. The Morgan fingerprint density at radius 2 is 2.23 bits per heavy atom. The Bertz CT molecular complexity index is 1090. The number of fused-ring (bicyclic) bond motifs is 3. The number of nitro groups is 1. The van der Waals surface area contributed by atoms with Gasteiger partial charge in [-0.1, -0.05) is 6.92 Å². The summed E-state index contributed by atoms with van der Waals surface area (Å²) in [6, 6.07) is 4.54. The summed E-state index contributed by atoms with van der Waals surface area (Å²) >= 11 is 1.55. The molecule has 8 heteroatoms. The summed E-state index contributed by atoms with van der Waals surface area (Å²) in [6.07, 6.45) is 2.94. The highest BCUT2D eigenvalue weighted by atomic mass is 32.1. The SMILES string of the molecule is COc1ccc(-c2nc3sc4c(c3c(=O)[nH]2)CC[C@H](C)C4)cc1[N+](=O)[O-]. The molecule has 1 N–H and O–H groups in total. The number of H-pyrrole nitrogens is 1. The lowest BCUT2D eigenvalue weighted by molar-refractivity contribution is -0.385. The summed E-state index contributed by atoms with van der Waals surface area (Å²) in [4.78, 5) is 32.7. The van der Waals surface area contributed by atoms with Crippen LogP contribution in [0.3, 0.4) is 0 Å². The quantitative estimate of drug-likeness (QED) is 0.559. The zero-order valence-corrected chi connectivity index (χ0v) is 15.2. The highest BCUT2D eigenvalue weighted by molar-refractivity contribution is 7.18. The first-order valence-electron chi connectivity index (χ1n) is 8.35. The van der Waals surface area contributed by atoms with E-state index in [1.807, 2.05) is 0 Å². The topological polar surface area (TPSA) is 98.1 Å². The van der Waals surface area contributed by atoms with Gasteiger partial charge in [0.05, 0.1) is 17.4 Å². The van der Waals surface area contributed by atoms with Crippen LogP contribution < -0.4 is 10.3 Å². The molecule has 2 heterocycles. The molecule has 7 nitrogen and oxygen atoms in total. The second-order valence-corrected chi connectivity index (χ2v) is 7.67. The Morgan fingerprint density at radius 3 is 2.96 bits per heavy atom. The van der Waals surface area contributed by atoms with Crippen LogP contribution in [0.15, 0.2) is 23.0 Å². The van der Waals surface area contributed by atoms with Crippen molar-refractivity contribution < 1.29 is 9.66 Å². The van der Waals surface area contributed by atoms with Crippen molar-refractivity contribution in [3.8, 4) is 17.1 Å². The Morgan fingerprint density at radius 1 is 1.42 bits per heavy atom. The molecule has 1 atom stereocenters. The van der Waals surface area contributed by atoms with E-state index in [-0.39, 0.29) is 17.0 Å². The number of rotatable bonds is 3. The molecule has 0 aliphatic heterocycles. The largest absolute Gasteiger partial charge is 0.490 e. The number of aromatic nitrogens is 2. The molecule has 3 aromatic rings. The number of benzene rings is 1. The fraction of sp³-hybridized carbons (Fsp3) is 0.333. The summed E-state index contributed by atoms with van der Waals surface area (Å²) in [6.45, 7) is 2.22. The number of nitrogens with zero attached hydrogens (tertiary/aromatic N) is 2. The molecule has 26 heavy (non-hydrogen) atoms. The fourth-order valence-corrected chi connectivity index (χ4v) is 4.85. The summed E-state index contributed by atoms with van der Waals surface area (Å²) < 4.78 is 5.02. The fourth-order valence-electron chi connectivity index (χ4n) is 3.47. The third-order valence-electron chi connectivity index (χ3n) is 4.81. The molecular formula is C18H17N3O4S. The minimum absolute atomic E-state index is 0.160. The molecule has 0 radical (unpaired) electrons.